The molecule has 0 unspecified atom stereocenters. The van der Waals surface area contributed by atoms with Crippen molar-refractivity contribution >= 4 is 11.9 Å². The highest BCUT2D eigenvalue weighted by atomic mass is 16.6. The van der Waals surface area contributed by atoms with Crippen LogP contribution in [0.1, 0.15) is 47.2 Å². The molecule has 0 radical (unpaired) electrons. The lowest BCUT2D eigenvalue weighted by molar-refractivity contribution is -0.146. The SMILES string of the molecule is CCOC(=O)COc1ccc(C2(c3ccc(OCC(=O)OCC)c(C)c3)c3ccccc3-c3ccccc32)cc1C. The zero-order chi connectivity index (χ0) is 29.0. The van der Waals surface area contributed by atoms with Gasteiger partial charge in [0.25, 0.3) is 0 Å². The Hall–Kier alpha value is -4.58. The molecule has 0 spiro atoms. The van der Waals surface area contributed by atoms with E-state index in [1.54, 1.807) is 13.8 Å². The molecule has 6 nitrogen and oxygen atoms in total. The van der Waals surface area contributed by atoms with E-state index in [1.807, 2.05) is 26.0 Å². The van der Waals surface area contributed by atoms with E-state index in [2.05, 4.69) is 72.8 Å². The highest BCUT2D eigenvalue weighted by Crippen LogP contribution is 2.56. The van der Waals surface area contributed by atoms with Gasteiger partial charge in [-0.1, -0.05) is 72.8 Å². The van der Waals surface area contributed by atoms with Gasteiger partial charge in [-0.3, -0.25) is 0 Å². The number of esters is 2. The number of rotatable bonds is 10. The van der Waals surface area contributed by atoms with Crippen molar-refractivity contribution in [3.05, 3.63) is 118 Å². The summed E-state index contributed by atoms with van der Waals surface area (Å²) in [5, 5.41) is 0. The van der Waals surface area contributed by atoms with Crippen LogP contribution in [-0.2, 0) is 24.5 Å². The van der Waals surface area contributed by atoms with E-state index < -0.39 is 17.4 Å². The van der Waals surface area contributed by atoms with Crippen LogP contribution in [0, 0.1) is 13.8 Å². The van der Waals surface area contributed by atoms with Crippen LogP contribution < -0.4 is 9.47 Å². The number of carbonyl (C=O) groups is 2. The Bertz CT molecular complexity index is 1470. The number of benzene rings is 4. The molecule has 0 heterocycles. The normalized spacial score (nSPS) is 12.7. The van der Waals surface area contributed by atoms with Crippen LogP contribution in [0.15, 0.2) is 84.9 Å². The maximum absolute atomic E-state index is 11.9. The molecule has 4 aromatic rings. The van der Waals surface area contributed by atoms with E-state index in [0.717, 1.165) is 22.3 Å². The molecule has 0 amide bonds. The summed E-state index contributed by atoms with van der Waals surface area (Å²) < 4.78 is 21.7. The first-order valence-electron chi connectivity index (χ1n) is 13.9. The van der Waals surface area contributed by atoms with Gasteiger partial charge in [-0.05, 0) is 84.3 Å². The third-order valence-electron chi connectivity index (χ3n) is 7.47. The highest BCUT2D eigenvalue weighted by molar-refractivity contribution is 5.86. The zero-order valence-corrected chi connectivity index (χ0v) is 23.9. The van der Waals surface area contributed by atoms with Gasteiger partial charge in [0.05, 0.1) is 18.6 Å². The van der Waals surface area contributed by atoms with Crippen molar-refractivity contribution in [1.29, 1.82) is 0 Å². The minimum atomic E-state index is -0.609. The number of fused-ring (bicyclic) bond motifs is 3. The number of aryl methyl sites for hydroxylation is 2. The minimum Gasteiger partial charge on any atom is -0.482 e. The van der Waals surface area contributed by atoms with Gasteiger partial charge in [0, 0.05) is 0 Å². The fourth-order valence-corrected chi connectivity index (χ4v) is 5.79. The lowest BCUT2D eigenvalue weighted by Gasteiger charge is -2.34. The van der Waals surface area contributed by atoms with Crippen molar-refractivity contribution < 1.29 is 28.5 Å². The Balaban J connectivity index is 1.64. The average Bonchev–Trinajstić information content (AvgIpc) is 3.27. The lowest BCUT2D eigenvalue weighted by atomic mass is 9.67. The topological polar surface area (TPSA) is 71.1 Å². The van der Waals surface area contributed by atoms with Crippen LogP contribution in [0.2, 0.25) is 0 Å². The van der Waals surface area contributed by atoms with E-state index in [4.69, 9.17) is 18.9 Å². The largest absolute Gasteiger partial charge is 0.482 e. The first kappa shape index (κ1) is 28.0. The van der Waals surface area contributed by atoms with Gasteiger partial charge >= 0.3 is 11.9 Å². The Morgan fingerprint density at radius 3 is 1.41 bits per heavy atom. The van der Waals surface area contributed by atoms with Gasteiger partial charge in [0.2, 0.25) is 0 Å². The van der Waals surface area contributed by atoms with Crippen LogP contribution in [0.5, 0.6) is 11.5 Å². The van der Waals surface area contributed by atoms with Gasteiger partial charge in [-0.25, -0.2) is 9.59 Å². The van der Waals surface area contributed by atoms with Crippen molar-refractivity contribution in [1.82, 2.24) is 0 Å². The predicted octanol–water partition coefficient (Wildman–Crippen LogP) is 6.55. The van der Waals surface area contributed by atoms with E-state index in [1.165, 1.54) is 22.3 Å². The fraction of sp³-hybridized carbons (Fsp3) is 0.257. The second-order valence-corrected chi connectivity index (χ2v) is 9.99. The van der Waals surface area contributed by atoms with Crippen LogP contribution in [-0.4, -0.2) is 38.4 Å². The molecule has 1 aliphatic rings. The predicted molar refractivity (Wildman–Crippen MR) is 157 cm³/mol. The number of hydrogen-bond acceptors (Lipinski definition) is 6. The quantitative estimate of drug-likeness (QED) is 0.184. The molecule has 6 heteroatoms. The van der Waals surface area contributed by atoms with Crippen molar-refractivity contribution in [2.45, 2.75) is 33.1 Å². The molecule has 210 valence electrons. The van der Waals surface area contributed by atoms with E-state index in [-0.39, 0.29) is 13.2 Å². The monoisotopic (exact) mass is 550 g/mol. The number of hydrogen-bond donors (Lipinski definition) is 0. The van der Waals surface area contributed by atoms with Gasteiger partial charge in [-0.2, -0.15) is 0 Å². The number of ether oxygens (including phenoxy) is 4. The van der Waals surface area contributed by atoms with Gasteiger partial charge in [0.15, 0.2) is 13.2 Å². The third kappa shape index (κ3) is 5.18. The van der Waals surface area contributed by atoms with Crippen molar-refractivity contribution in [3.63, 3.8) is 0 Å². The maximum atomic E-state index is 11.9. The second kappa shape index (κ2) is 11.9. The molecule has 0 aromatic heterocycles. The maximum Gasteiger partial charge on any atom is 0.344 e. The zero-order valence-electron chi connectivity index (χ0n) is 23.9. The van der Waals surface area contributed by atoms with Gasteiger partial charge < -0.3 is 18.9 Å². The van der Waals surface area contributed by atoms with Crippen molar-refractivity contribution in [3.8, 4) is 22.6 Å². The Morgan fingerprint density at radius 2 is 1.02 bits per heavy atom. The van der Waals surface area contributed by atoms with Crippen LogP contribution in [0.25, 0.3) is 11.1 Å². The fourth-order valence-electron chi connectivity index (χ4n) is 5.79. The van der Waals surface area contributed by atoms with Crippen molar-refractivity contribution in [2.75, 3.05) is 26.4 Å². The lowest BCUT2D eigenvalue weighted by Crippen LogP contribution is -2.29. The standard InChI is InChI=1S/C35H34O6/c1-5-38-33(36)21-40-31-17-15-25(19-23(31)3)35(26-16-18-32(24(4)20-26)41-22-34(37)39-6-2)29-13-9-7-11-27(29)28-12-8-10-14-30(28)35/h7-20H,5-6,21-22H2,1-4H3. The molecule has 0 N–H and O–H groups in total. The van der Waals surface area contributed by atoms with E-state index in [0.29, 0.717) is 24.7 Å². The summed E-state index contributed by atoms with van der Waals surface area (Å²) in [5.74, 6) is 0.476. The molecular weight excluding hydrogens is 516 g/mol. The molecule has 5 rings (SSSR count). The first-order chi connectivity index (χ1) is 19.9. The van der Waals surface area contributed by atoms with Crippen LogP contribution in [0.3, 0.4) is 0 Å². The molecule has 0 bridgehead atoms. The molecule has 4 aromatic carbocycles. The summed E-state index contributed by atoms with van der Waals surface area (Å²) in [7, 11) is 0. The molecular formula is C35H34O6. The summed E-state index contributed by atoms with van der Waals surface area (Å²) in [6, 6.07) is 29.3. The van der Waals surface area contributed by atoms with E-state index >= 15 is 0 Å². The minimum absolute atomic E-state index is 0.142. The molecule has 0 saturated carbocycles. The first-order valence-corrected chi connectivity index (χ1v) is 13.9. The van der Waals surface area contributed by atoms with Gasteiger partial charge in [0.1, 0.15) is 11.5 Å². The Kier molecular flexibility index (Phi) is 8.11. The highest BCUT2D eigenvalue weighted by Gasteiger charge is 2.46. The molecule has 0 fully saturated rings. The third-order valence-corrected chi connectivity index (χ3v) is 7.47. The summed E-state index contributed by atoms with van der Waals surface area (Å²) in [6.45, 7) is 7.87. The molecule has 1 aliphatic carbocycles. The summed E-state index contributed by atoms with van der Waals surface area (Å²) >= 11 is 0. The second-order valence-electron chi connectivity index (χ2n) is 9.99. The Morgan fingerprint density at radius 1 is 0.610 bits per heavy atom. The Labute approximate surface area is 240 Å². The average molecular weight is 551 g/mol. The summed E-state index contributed by atoms with van der Waals surface area (Å²) in [5.41, 5.74) is 8.11. The molecule has 0 atom stereocenters. The smallest absolute Gasteiger partial charge is 0.344 e. The van der Waals surface area contributed by atoms with E-state index in [9.17, 15) is 9.59 Å². The van der Waals surface area contributed by atoms with Gasteiger partial charge in [-0.15, -0.1) is 0 Å². The number of carbonyl (C=O) groups excluding carboxylic acids is 2. The summed E-state index contributed by atoms with van der Waals surface area (Å²) in [6.07, 6.45) is 0. The molecule has 0 saturated heterocycles. The summed E-state index contributed by atoms with van der Waals surface area (Å²) in [4.78, 5) is 23.8. The molecule has 41 heavy (non-hydrogen) atoms. The van der Waals surface area contributed by atoms with Crippen molar-refractivity contribution in [2.24, 2.45) is 0 Å². The molecule has 0 aliphatic heterocycles. The van der Waals surface area contributed by atoms with Crippen LogP contribution in [0.4, 0.5) is 0 Å². The van der Waals surface area contributed by atoms with Crippen LogP contribution >= 0.6 is 0 Å².